The van der Waals surface area contributed by atoms with Crippen molar-refractivity contribution in [3.63, 3.8) is 0 Å². The van der Waals surface area contributed by atoms with E-state index in [1.807, 2.05) is 6.26 Å². The molecule has 5 nitrogen and oxygen atoms in total. The van der Waals surface area contributed by atoms with E-state index >= 15 is 0 Å². The van der Waals surface area contributed by atoms with Gasteiger partial charge in [-0.3, -0.25) is 4.79 Å². The molecular weight excluding hydrogens is 242 g/mol. The molecule has 0 fully saturated rings. The highest BCUT2D eigenvalue weighted by Gasteiger charge is 2.13. The third-order valence-electron chi connectivity index (χ3n) is 2.04. The molecule has 0 bridgehead atoms. The van der Waals surface area contributed by atoms with Gasteiger partial charge in [0.05, 0.1) is 19.8 Å². The molecule has 0 saturated heterocycles. The summed E-state index contributed by atoms with van der Waals surface area (Å²) in [4.78, 5) is 11.4. The first kappa shape index (κ1) is 16.7. The van der Waals surface area contributed by atoms with Crippen molar-refractivity contribution in [1.82, 2.24) is 0 Å². The monoisotopic (exact) mass is 265 g/mol. The molecule has 6 heteroatoms. The van der Waals surface area contributed by atoms with E-state index in [-0.39, 0.29) is 5.97 Å². The van der Waals surface area contributed by atoms with Crippen molar-refractivity contribution in [3.05, 3.63) is 0 Å². The maximum Gasteiger partial charge on any atom is 0.322 e. The van der Waals surface area contributed by atoms with Gasteiger partial charge in [0.15, 0.2) is 0 Å². The van der Waals surface area contributed by atoms with Crippen LogP contribution in [-0.2, 0) is 19.0 Å². The minimum absolute atomic E-state index is 0.323. The molecule has 0 aliphatic rings. The largest absolute Gasteiger partial charge is 0.464 e. The van der Waals surface area contributed by atoms with Gasteiger partial charge < -0.3 is 19.9 Å². The molecule has 0 aliphatic heterocycles. The topological polar surface area (TPSA) is 70.8 Å². The van der Waals surface area contributed by atoms with Gasteiger partial charge in [-0.2, -0.15) is 11.8 Å². The van der Waals surface area contributed by atoms with Crippen molar-refractivity contribution in [2.24, 2.45) is 5.73 Å². The minimum Gasteiger partial charge on any atom is -0.464 e. The summed E-state index contributed by atoms with van der Waals surface area (Å²) in [6.07, 6.45) is 3.32. The Morgan fingerprint density at radius 3 is 2.71 bits per heavy atom. The third-order valence-corrected chi connectivity index (χ3v) is 2.69. The Morgan fingerprint density at radius 1 is 1.29 bits per heavy atom. The van der Waals surface area contributed by atoms with Gasteiger partial charge in [0.25, 0.3) is 0 Å². The van der Waals surface area contributed by atoms with E-state index in [1.54, 1.807) is 18.9 Å². The van der Waals surface area contributed by atoms with Crippen molar-refractivity contribution in [2.75, 3.05) is 45.5 Å². The van der Waals surface area contributed by atoms with Gasteiger partial charge in [0.1, 0.15) is 6.04 Å². The van der Waals surface area contributed by atoms with Crippen LogP contribution in [0.5, 0.6) is 0 Å². The Bertz CT molecular complexity index is 192. The number of carbonyl (C=O) groups excluding carboxylic acids is 1. The van der Waals surface area contributed by atoms with Crippen LogP contribution in [0.2, 0.25) is 0 Å². The van der Waals surface area contributed by atoms with Crippen LogP contribution in [0.25, 0.3) is 0 Å². The van der Waals surface area contributed by atoms with Gasteiger partial charge in [0.2, 0.25) is 0 Å². The van der Waals surface area contributed by atoms with E-state index in [9.17, 15) is 4.79 Å². The number of carbonyl (C=O) groups is 1. The fourth-order valence-electron chi connectivity index (χ4n) is 1.05. The number of ether oxygens (including phenoxy) is 3. The van der Waals surface area contributed by atoms with Gasteiger partial charge in [-0.15, -0.1) is 0 Å². The lowest BCUT2D eigenvalue weighted by Crippen LogP contribution is -2.33. The second kappa shape index (κ2) is 12.2. The summed E-state index contributed by atoms with van der Waals surface area (Å²) in [6, 6.07) is -0.503. The quantitative estimate of drug-likeness (QED) is 0.437. The number of hydrogen-bond acceptors (Lipinski definition) is 6. The van der Waals surface area contributed by atoms with Crippen LogP contribution >= 0.6 is 11.8 Å². The molecule has 0 radical (unpaired) electrons. The lowest BCUT2D eigenvalue weighted by atomic mass is 10.2. The van der Waals surface area contributed by atoms with Crippen LogP contribution in [0.4, 0.5) is 0 Å². The van der Waals surface area contributed by atoms with Crippen LogP contribution in [0.1, 0.15) is 12.8 Å². The smallest absolute Gasteiger partial charge is 0.322 e. The zero-order valence-electron chi connectivity index (χ0n) is 10.6. The molecule has 0 heterocycles. The molecule has 0 spiro atoms. The maximum absolute atomic E-state index is 11.4. The predicted molar refractivity (Wildman–Crippen MR) is 69.2 cm³/mol. The number of esters is 1. The van der Waals surface area contributed by atoms with Crippen molar-refractivity contribution in [2.45, 2.75) is 18.9 Å². The summed E-state index contributed by atoms with van der Waals surface area (Å²) >= 11 is 1.67. The predicted octanol–water partition coefficient (Wildman–Crippen LogP) is 0.663. The number of hydrogen-bond donors (Lipinski definition) is 1. The SMILES string of the molecule is COCCOCCCOC(=O)[C@H](N)CCSC. The van der Waals surface area contributed by atoms with Crippen LogP contribution in [0.15, 0.2) is 0 Å². The fraction of sp³-hybridized carbons (Fsp3) is 0.909. The molecule has 2 N–H and O–H groups in total. The van der Waals surface area contributed by atoms with E-state index in [4.69, 9.17) is 19.9 Å². The molecule has 1 atom stereocenters. The molecule has 0 saturated carbocycles. The average molecular weight is 265 g/mol. The van der Waals surface area contributed by atoms with Crippen molar-refractivity contribution >= 4 is 17.7 Å². The number of thioether (sulfide) groups is 1. The Hall–Kier alpha value is -0.300. The van der Waals surface area contributed by atoms with Crippen molar-refractivity contribution in [3.8, 4) is 0 Å². The molecule has 0 unspecified atom stereocenters. The molecule has 0 aromatic heterocycles. The second-order valence-electron chi connectivity index (χ2n) is 3.51. The molecule has 0 amide bonds. The first-order valence-corrected chi connectivity index (χ1v) is 7.09. The van der Waals surface area contributed by atoms with Gasteiger partial charge >= 0.3 is 5.97 Å². The first-order valence-electron chi connectivity index (χ1n) is 5.70. The average Bonchev–Trinajstić information content (AvgIpc) is 2.34. The van der Waals surface area contributed by atoms with E-state index in [2.05, 4.69) is 0 Å². The summed E-state index contributed by atoms with van der Waals surface area (Å²) in [5.74, 6) is 0.548. The zero-order chi connectivity index (χ0) is 12.9. The summed E-state index contributed by atoms with van der Waals surface area (Å²) < 4.78 is 15.1. The van der Waals surface area contributed by atoms with E-state index in [1.165, 1.54) is 0 Å². The second-order valence-corrected chi connectivity index (χ2v) is 4.50. The van der Waals surface area contributed by atoms with Crippen LogP contribution in [0.3, 0.4) is 0 Å². The third kappa shape index (κ3) is 10.6. The molecule has 17 heavy (non-hydrogen) atoms. The van der Waals surface area contributed by atoms with Crippen molar-refractivity contribution < 1.29 is 19.0 Å². The van der Waals surface area contributed by atoms with Gasteiger partial charge in [-0.1, -0.05) is 0 Å². The van der Waals surface area contributed by atoms with Crippen LogP contribution in [0, 0.1) is 0 Å². The van der Waals surface area contributed by atoms with Gasteiger partial charge in [-0.05, 0) is 18.4 Å². The fourth-order valence-corrected chi connectivity index (χ4v) is 1.54. The molecule has 0 aromatic rings. The molecule has 102 valence electrons. The van der Waals surface area contributed by atoms with Crippen molar-refractivity contribution in [1.29, 1.82) is 0 Å². The zero-order valence-corrected chi connectivity index (χ0v) is 11.5. The highest BCUT2D eigenvalue weighted by atomic mass is 32.2. The Labute approximate surface area is 107 Å². The highest BCUT2D eigenvalue weighted by Crippen LogP contribution is 2.00. The highest BCUT2D eigenvalue weighted by molar-refractivity contribution is 7.98. The summed E-state index contributed by atoms with van der Waals surface area (Å²) in [6.45, 7) is 2.08. The Balaban J connectivity index is 3.32. The molecule has 0 aliphatic carbocycles. The van der Waals surface area contributed by atoms with Crippen LogP contribution in [-0.4, -0.2) is 57.6 Å². The summed E-state index contributed by atoms with van der Waals surface area (Å²) in [7, 11) is 1.63. The number of nitrogens with two attached hydrogens (primary N) is 1. The van der Waals surface area contributed by atoms with E-state index in [0.717, 1.165) is 5.75 Å². The molecular formula is C11H23NO4S. The Kier molecular flexibility index (Phi) is 12.0. The lowest BCUT2D eigenvalue weighted by Gasteiger charge is -2.10. The van der Waals surface area contributed by atoms with E-state index in [0.29, 0.717) is 39.3 Å². The standard InChI is InChI=1S/C11H23NO4S/c1-14-7-8-15-5-3-6-16-11(13)10(12)4-9-17-2/h10H,3-9,12H2,1-2H3/t10-/m1/s1. The van der Waals surface area contributed by atoms with Gasteiger partial charge in [0, 0.05) is 20.1 Å². The Morgan fingerprint density at radius 2 is 2.06 bits per heavy atom. The minimum atomic E-state index is -0.503. The number of rotatable bonds is 11. The first-order chi connectivity index (χ1) is 8.22. The summed E-state index contributed by atoms with van der Waals surface area (Å²) in [5, 5.41) is 0. The van der Waals surface area contributed by atoms with E-state index < -0.39 is 6.04 Å². The van der Waals surface area contributed by atoms with Gasteiger partial charge in [-0.25, -0.2) is 0 Å². The van der Waals surface area contributed by atoms with Crippen LogP contribution < -0.4 is 5.73 Å². The maximum atomic E-state index is 11.4. The molecule has 0 aromatic carbocycles. The lowest BCUT2D eigenvalue weighted by molar-refractivity contribution is -0.145. The molecule has 0 rings (SSSR count). The normalized spacial score (nSPS) is 12.4. The number of methoxy groups -OCH3 is 1. The summed E-state index contributed by atoms with van der Waals surface area (Å²) in [5.41, 5.74) is 5.65.